The summed E-state index contributed by atoms with van der Waals surface area (Å²) in [6.45, 7) is 4.26. The lowest BCUT2D eigenvalue weighted by Gasteiger charge is -2.28. The molecule has 0 atom stereocenters. The third-order valence-corrected chi connectivity index (χ3v) is 2.83. The highest BCUT2D eigenvalue weighted by Gasteiger charge is 2.14. The number of ether oxygens (including phenoxy) is 2. The molecule has 0 radical (unpaired) electrons. The maximum absolute atomic E-state index is 5.57. The van der Waals surface area contributed by atoms with Crippen molar-refractivity contribution in [2.45, 2.75) is 12.6 Å². The summed E-state index contributed by atoms with van der Waals surface area (Å²) in [7, 11) is 1.68. The summed E-state index contributed by atoms with van der Waals surface area (Å²) < 4.78 is 10.5. The molecule has 17 heavy (non-hydrogen) atoms. The first-order valence-electron chi connectivity index (χ1n) is 6.03. The van der Waals surface area contributed by atoms with Crippen LogP contribution in [0.3, 0.4) is 0 Å². The quantitative estimate of drug-likeness (QED) is 0.686. The first-order chi connectivity index (χ1) is 8.38. The van der Waals surface area contributed by atoms with E-state index in [4.69, 9.17) is 9.47 Å². The van der Waals surface area contributed by atoms with Crippen LogP contribution in [0.4, 0.5) is 0 Å². The Bertz CT molecular complexity index is 340. The van der Waals surface area contributed by atoms with Gasteiger partial charge >= 0.3 is 0 Å². The van der Waals surface area contributed by atoms with E-state index < -0.39 is 0 Å². The Kier molecular flexibility index (Phi) is 4.79. The first kappa shape index (κ1) is 12.4. The third kappa shape index (κ3) is 4.00. The van der Waals surface area contributed by atoms with Crippen LogP contribution in [-0.2, 0) is 11.3 Å². The van der Waals surface area contributed by atoms with Crippen LogP contribution in [0.5, 0.6) is 5.75 Å². The van der Waals surface area contributed by atoms with E-state index in [9.17, 15) is 0 Å². The van der Waals surface area contributed by atoms with E-state index in [2.05, 4.69) is 22.8 Å². The molecule has 2 rings (SSSR count). The van der Waals surface area contributed by atoms with E-state index in [-0.39, 0.29) is 0 Å². The molecule has 4 heteroatoms. The van der Waals surface area contributed by atoms with Gasteiger partial charge in [-0.15, -0.1) is 0 Å². The largest absolute Gasteiger partial charge is 0.491 e. The van der Waals surface area contributed by atoms with Crippen LogP contribution in [0, 0.1) is 0 Å². The summed E-state index contributed by atoms with van der Waals surface area (Å²) in [6.07, 6.45) is 0. The Morgan fingerprint density at radius 2 is 2.24 bits per heavy atom. The Labute approximate surface area is 102 Å². The number of rotatable bonds is 7. The maximum Gasteiger partial charge on any atom is 0.119 e. The van der Waals surface area contributed by atoms with Crippen LogP contribution in [0.1, 0.15) is 5.56 Å². The minimum atomic E-state index is 0.597. The molecule has 0 amide bonds. The Morgan fingerprint density at radius 3 is 2.94 bits per heavy atom. The number of nitrogens with one attached hydrogen (secondary N) is 2. The number of benzene rings is 1. The molecular weight excluding hydrogens is 216 g/mol. The Balaban J connectivity index is 1.78. The molecule has 1 aromatic rings. The van der Waals surface area contributed by atoms with Crippen LogP contribution in [0.25, 0.3) is 0 Å². The van der Waals surface area contributed by atoms with Crippen LogP contribution in [0.15, 0.2) is 24.3 Å². The normalized spacial score (nSPS) is 15.6. The fourth-order valence-corrected chi connectivity index (χ4v) is 1.68. The molecule has 2 N–H and O–H groups in total. The Hall–Kier alpha value is -1.10. The fourth-order valence-electron chi connectivity index (χ4n) is 1.68. The molecule has 0 bridgehead atoms. The monoisotopic (exact) mass is 236 g/mol. The molecular formula is C13H20N2O2. The van der Waals surface area contributed by atoms with Gasteiger partial charge in [0.15, 0.2) is 0 Å². The lowest BCUT2D eigenvalue weighted by molar-refractivity contribution is 0.146. The lowest BCUT2D eigenvalue weighted by atomic mass is 10.1. The minimum Gasteiger partial charge on any atom is -0.491 e. The van der Waals surface area contributed by atoms with Gasteiger partial charge < -0.3 is 20.1 Å². The number of methoxy groups -OCH3 is 1. The highest BCUT2D eigenvalue weighted by Crippen LogP contribution is 2.13. The second kappa shape index (κ2) is 6.59. The van der Waals surface area contributed by atoms with Gasteiger partial charge in [0.1, 0.15) is 12.4 Å². The minimum absolute atomic E-state index is 0.597. The third-order valence-electron chi connectivity index (χ3n) is 2.83. The fraction of sp³-hybridized carbons (Fsp3) is 0.538. The van der Waals surface area contributed by atoms with Crippen molar-refractivity contribution < 1.29 is 9.47 Å². The van der Waals surface area contributed by atoms with Crippen LogP contribution >= 0.6 is 0 Å². The molecule has 4 nitrogen and oxygen atoms in total. The van der Waals surface area contributed by atoms with E-state index >= 15 is 0 Å². The zero-order chi connectivity index (χ0) is 11.9. The van der Waals surface area contributed by atoms with Crippen molar-refractivity contribution in [3.63, 3.8) is 0 Å². The lowest BCUT2D eigenvalue weighted by Crippen LogP contribution is -2.54. The van der Waals surface area contributed by atoms with Crippen molar-refractivity contribution >= 4 is 0 Å². The van der Waals surface area contributed by atoms with Crippen molar-refractivity contribution in [1.29, 1.82) is 0 Å². The summed E-state index contributed by atoms with van der Waals surface area (Å²) in [5.41, 5.74) is 1.26. The van der Waals surface area contributed by atoms with Crippen molar-refractivity contribution in [2.24, 2.45) is 0 Å². The van der Waals surface area contributed by atoms with Gasteiger partial charge in [0.05, 0.1) is 6.61 Å². The smallest absolute Gasteiger partial charge is 0.119 e. The van der Waals surface area contributed by atoms with Gasteiger partial charge in [0.25, 0.3) is 0 Å². The van der Waals surface area contributed by atoms with Gasteiger partial charge in [-0.2, -0.15) is 0 Å². The summed E-state index contributed by atoms with van der Waals surface area (Å²) in [5.74, 6) is 0.910. The van der Waals surface area contributed by atoms with Gasteiger partial charge in [-0.3, -0.25) is 0 Å². The average molecular weight is 236 g/mol. The molecule has 94 valence electrons. The second-order valence-electron chi connectivity index (χ2n) is 4.22. The van der Waals surface area contributed by atoms with Crippen molar-refractivity contribution in [1.82, 2.24) is 10.6 Å². The molecule has 1 aliphatic rings. The standard InChI is InChI=1S/C13H20N2O2/c1-16-5-6-17-13-4-2-3-11(7-13)8-15-12-9-14-10-12/h2-4,7,12,14-15H,5-6,8-10H2,1H3. The first-order valence-corrected chi connectivity index (χ1v) is 6.03. The van der Waals surface area contributed by atoms with Crippen LogP contribution in [0.2, 0.25) is 0 Å². The molecule has 1 heterocycles. The molecule has 1 fully saturated rings. The summed E-state index contributed by atoms with van der Waals surface area (Å²) >= 11 is 0. The molecule has 0 spiro atoms. The predicted octanol–water partition coefficient (Wildman–Crippen LogP) is 0.773. The summed E-state index contributed by atoms with van der Waals surface area (Å²) in [6, 6.07) is 8.81. The van der Waals surface area contributed by atoms with E-state index in [1.165, 1.54) is 5.56 Å². The van der Waals surface area contributed by atoms with Gasteiger partial charge in [-0.05, 0) is 17.7 Å². The highest BCUT2D eigenvalue weighted by molar-refractivity contribution is 5.28. The zero-order valence-corrected chi connectivity index (χ0v) is 10.2. The van der Waals surface area contributed by atoms with Crippen molar-refractivity contribution in [3.05, 3.63) is 29.8 Å². The van der Waals surface area contributed by atoms with Gasteiger partial charge in [0.2, 0.25) is 0 Å². The van der Waals surface area contributed by atoms with E-state index in [0.29, 0.717) is 19.3 Å². The SMILES string of the molecule is COCCOc1cccc(CNC2CNC2)c1. The second-order valence-corrected chi connectivity index (χ2v) is 4.22. The van der Waals surface area contributed by atoms with Gasteiger partial charge in [-0.1, -0.05) is 12.1 Å². The highest BCUT2D eigenvalue weighted by atomic mass is 16.5. The molecule has 0 unspecified atom stereocenters. The number of hydrogen-bond acceptors (Lipinski definition) is 4. The molecule has 0 saturated carbocycles. The number of hydrogen-bond donors (Lipinski definition) is 2. The van der Waals surface area contributed by atoms with E-state index in [1.54, 1.807) is 7.11 Å². The zero-order valence-electron chi connectivity index (χ0n) is 10.2. The van der Waals surface area contributed by atoms with Crippen LogP contribution in [-0.4, -0.2) is 39.5 Å². The van der Waals surface area contributed by atoms with Crippen molar-refractivity contribution in [2.75, 3.05) is 33.4 Å². The Morgan fingerprint density at radius 1 is 1.35 bits per heavy atom. The van der Waals surface area contributed by atoms with Crippen LogP contribution < -0.4 is 15.4 Å². The summed E-state index contributed by atoms with van der Waals surface area (Å²) in [4.78, 5) is 0. The van der Waals surface area contributed by atoms with Crippen molar-refractivity contribution in [3.8, 4) is 5.75 Å². The average Bonchev–Trinajstić information content (AvgIpc) is 2.28. The molecule has 1 saturated heterocycles. The van der Waals surface area contributed by atoms with Gasteiger partial charge in [-0.25, -0.2) is 0 Å². The molecule has 0 aromatic heterocycles. The van der Waals surface area contributed by atoms with E-state index in [1.807, 2.05) is 12.1 Å². The molecule has 1 aliphatic heterocycles. The van der Waals surface area contributed by atoms with Gasteiger partial charge in [0, 0.05) is 32.8 Å². The molecule has 1 aromatic carbocycles. The molecule has 0 aliphatic carbocycles. The van der Waals surface area contributed by atoms with E-state index in [0.717, 1.165) is 25.4 Å². The topological polar surface area (TPSA) is 42.5 Å². The predicted molar refractivity (Wildman–Crippen MR) is 67.3 cm³/mol. The maximum atomic E-state index is 5.57. The summed E-state index contributed by atoms with van der Waals surface area (Å²) in [5, 5.41) is 6.73.